The zero-order valence-electron chi connectivity index (χ0n) is 17.1. The summed E-state index contributed by atoms with van der Waals surface area (Å²) in [5.41, 5.74) is 2.61. The quantitative estimate of drug-likeness (QED) is 0.804. The minimum Gasteiger partial charge on any atom is -0.493 e. The van der Waals surface area contributed by atoms with Gasteiger partial charge >= 0.3 is 0 Å². The van der Waals surface area contributed by atoms with Crippen molar-refractivity contribution in [1.29, 1.82) is 0 Å². The second-order valence-electron chi connectivity index (χ2n) is 8.16. The number of hydrogen-bond donors (Lipinski definition) is 1. The van der Waals surface area contributed by atoms with E-state index in [2.05, 4.69) is 65.7 Å². The van der Waals surface area contributed by atoms with Crippen LogP contribution in [-0.4, -0.2) is 38.4 Å². The third-order valence-electron chi connectivity index (χ3n) is 6.05. The Bertz CT molecular complexity index is 758. The van der Waals surface area contributed by atoms with E-state index in [4.69, 9.17) is 9.47 Å². The maximum Gasteiger partial charge on any atom is 0.163 e. The standard InChI is InChI=1S/C24H32N2O2/c1-18-16-25-20(14-19-8-4-3-5-9-19)17-26(18)21-12-13-23(27-2)24(15-21)28-22-10-6-7-11-22/h3-5,8-9,12-13,15,18,20,22,25H,6-7,10-11,14,16-17H2,1-2H3/t18-,20?/m1/s1. The van der Waals surface area contributed by atoms with Gasteiger partial charge in [-0.15, -0.1) is 0 Å². The number of ether oxygens (including phenoxy) is 2. The average Bonchev–Trinajstić information content (AvgIpc) is 3.23. The van der Waals surface area contributed by atoms with Gasteiger partial charge in [0.1, 0.15) is 0 Å². The molecule has 1 saturated carbocycles. The smallest absolute Gasteiger partial charge is 0.163 e. The van der Waals surface area contributed by atoms with Crippen LogP contribution in [0.5, 0.6) is 11.5 Å². The van der Waals surface area contributed by atoms with Gasteiger partial charge in [0, 0.05) is 36.9 Å². The monoisotopic (exact) mass is 380 g/mol. The van der Waals surface area contributed by atoms with Crippen molar-refractivity contribution in [3.05, 3.63) is 54.1 Å². The molecule has 0 amide bonds. The van der Waals surface area contributed by atoms with Crippen LogP contribution < -0.4 is 19.7 Å². The van der Waals surface area contributed by atoms with Crippen LogP contribution in [0.25, 0.3) is 0 Å². The van der Waals surface area contributed by atoms with Crippen molar-refractivity contribution in [3.63, 3.8) is 0 Å². The molecule has 1 unspecified atom stereocenters. The molecule has 4 rings (SSSR count). The number of anilines is 1. The number of nitrogens with one attached hydrogen (secondary N) is 1. The van der Waals surface area contributed by atoms with E-state index >= 15 is 0 Å². The van der Waals surface area contributed by atoms with E-state index in [9.17, 15) is 0 Å². The molecule has 2 aliphatic rings. The van der Waals surface area contributed by atoms with Crippen molar-refractivity contribution in [3.8, 4) is 11.5 Å². The fourth-order valence-electron chi connectivity index (χ4n) is 4.45. The maximum absolute atomic E-state index is 6.32. The summed E-state index contributed by atoms with van der Waals surface area (Å²) in [6.45, 7) is 4.26. The SMILES string of the molecule is COc1ccc(N2CC(Cc3ccccc3)NC[C@H]2C)cc1OC1CCCC1. The predicted octanol–water partition coefficient (Wildman–Crippen LogP) is 4.43. The van der Waals surface area contributed by atoms with Gasteiger partial charge < -0.3 is 19.7 Å². The van der Waals surface area contributed by atoms with Crippen LogP contribution in [0.2, 0.25) is 0 Å². The highest BCUT2D eigenvalue weighted by Crippen LogP contribution is 2.36. The summed E-state index contributed by atoms with van der Waals surface area (Å²) in [5.74, 6) is 1.72. The first-order valence-corrected chi connectivity index (χ1v) is 10.6. The molecule has 2 atom stereocenters. The lowest BCUT2D eigenvalue weighted by atomic mass is 10.0. The molecular formula is C24H32N2O2. The second-order valence-corrected chi connectivity index (χ2v) is 8.16. The Labute approximate surface area is 168 Å². The van der Waals surface area contributed by atoms with E-state index in [1.54, 1.807) is 7.11 Å². The largest absolute Gasteiger partial charge is 0.493 e. The maximum atomic E-state index is 6.32. The van der Waals surface area contributed by atoms with E-state index in [0.717, 1.165) is 43.9 Å². The molecule has 4 nitrogen and oxygen atoms in total. The van der Waals surface area contributed by atoms with Crippen molar-refractivity contribution in [2.24, 2.45) is 0 Å². The van der Waals surface area contributed by atoms with Gasteiger partial charge in [0.2, 0.25) is 0 Å². The molecule has 4 heteroatoms. The molecule has 1 heterocycles. The first-order chi connectivity index (χ1) is 13.7. The molecule has 1 saturated heterocycles. The third-order valence-corrected chi connectivity index (χ3v) is 6.05. The molecule has 2 aromatic rings. The molecule has 150 valence electrons. The summed E-state index contributed by atoms with van der Waals surface area (Å²) >= 11 is 0. The normalized spacial score (nSPS) is 23.0. The molecule has 0 spiro atoms. The lowest BCUT2D eigenvalue weighted by Gasteiger charge is -2.40. The molecule has 1 aliphatic heterocycles. The van der Waals surface area contributed by atoms with Crippen LogP contribution in [0.15, 0.2) is 48.5 Å². The van der Waals surface area contributed by atoms with E-state index in [0.29, 0.717) is 18.2 Å². The number of nitrogens with zero attached hydrogens (tertiary/aromatic N) is 1. The third kappa shape index (κ3) is 4.44. The van der Waals surface area contributed by atoms with Crippen molar-refractivity contribution >= 4 is 5.69 Å². The molecule has 0 aromatic heterocycles. The number of piperazine rings is 1. The molecule has 1 N–H and O–H groups in total. The summed E-state index contributed by atoms with van der Waals surface area (Å²) in [7, 11) is 1.72. The van der Waals surface area contributed by atoms with Crippen LogP contribution in [0, 0.1) is 0 Å². The Morgan fingerprint density at radius 1 is 1.04 bits per heavy atom. The zero-order valence-corrected chi connectivity index (χ0v) is 17.1. The van der Waals surface area contributed by atoms with Crippen molar-refractivity contribution < 1.29 is 9.47 Å². The van der Waals surface area contributed by atoms with Crippen LogP contribution in [-0.2, 0) is 6.42 Å². The Morgan fingerprint density at radius 3 is 2.57 bits per heavy atom. The summed E-state index contributed by atoms with van der Waals surface area (Å²) in [5, 5.41) is 3.72. The van der Waals surface area contributed by atoms with E-state index in [1.807, 2.05) is 0 Å². The van der Waals surface area contributed by atoms with Gasteiger partial charge in [0.15, 0.2) is 11.5 Å². The molecule has 2 aromatic carbocycles. The van der Waals surface area contributed by atoms with Gasteiger partial charge in [-0.3, -0.25) is 0 Å². The molecule has 0 radical (unpaired) electrons. The van der Waals surface area contributed by atoms with E-state index < -0.39 is 0 Å². The van der Waals surface area contributed by atoms with Crippen LogP contribution in [0.3, 0.4) is 0 Å². The number of rotatable bonds is 6. The minimum atomic E-state index is 0.329. The van der Waals surface area contributed by atoms with Crippen LogP contribution in [0.1, 0.15) is 38.2 Å². The highest BCUT2D eigenvalue weighted by molar-refractivity contribution is 5.57. The van der Waals surface area contributed by atoms with Crippen LogP contribution in [0.4, 0.5) is 5.69 Å². The summed E-state index contributed by atoms with van der Waals surface area (Å²) in [4.78, 5) is 2.51. The molecule has 28 heavy (non-hydrogen) atoms. The van der Waals surface area contributed by atoms with Gasteiger partial charge in [-0.25, -0.2) is 0 Å². The lowest BCUT2D eigenvalue weighted by molar-refractivity contribution is 0.201. The van der Waals surface area contributed by atoms with Gasteiger partial charge in [-0.05, 0) is 56.7 Å². The van der Waals surface area contributed by atoms with Crippen molar-refractivity contribution in [1.82, 2.24) is 5.32 Å². The first kappa shape index (κ1) is 19.1. The highest BCUT2D eigenvalue weighted by Gasteiger charge is 2.26. The molecule has 1 aliphatic carbocycles. The Morgan fingerprint density at radius 2 is 1.82 bits per heavy atom. The zero-order chi connectivity index (χ0) is 19.3. The Kier molecular flexibility index (Phi) is 6.06. The summed E-state index contributed by atoms with van der Waals surface area (Å²) < 4.78 is 11.9. The first-order valence-electron chi connectivity index (χ1n) is 10.6. The minimum absolute atomic E-state index is 0.329. The van der Waals surface area contributed by atoms with Gasteiger partial charge in [-0.1, -0.05) is 30.3 Å². The van der Waals surface area contributed by atoms with Gasteiger partial charge in [0.05, 0.1) is 13.2 Å². The van der Waals surface area contributed by atoms with E-state index in [-0.39, 0.29) is 0 Å². The summed E-state index contributed by atoms with van der Waals surface area (Å²) in [6.07, 6.45) is 6.21. The Balaban J connectivity index is 1.50. The Hall–Kier alpha value is -2.20. The molecular weight excluding hydrogens is 348 g/mol. The second kappa shape index (κ2) is 8.87. The van der Waals surface area contributed by atoms with E-state index in [1.165, 1.54) is 24.1 Å². The van der Waals surface area contributed by atoms with Gasteiger partial charge in [0.25, 0.3) is 0 Å². The highest BCUT2D eigenvalue weighted by atomic mass is 16.5. The lowest BCUT2D eigenvalue weighted by Crippen LogP contribution is -2.56. The van der Waals surface area contributed by atoms with Gasteiger partial charge in [-0.2, -0.15) is 0 Å². The number of benzene rings is 2. The van der Waals surface area contributed by atoms with Crippen molar-refractivity contribution in [2.75, 3.05) is 25.1 Å². The fraction of sp³-hybridized carbons (Fsp3) is 0.500. The van der Waals surface area contributed by atoms with Crippen LogP contribution >= 0.6 is 0 Å². The topological polar surface area (TPSA) is 33.7 Å². The number of hydrogen-bond acceptors (Lipinski definition) is 4. The number of methoxy groups -OCH3 is 1. The summed E-state index contributed by atoms with van der Waals surface area (Å²) in [6, 6.07) is 18.0. The fourth-order valence-corrected chi connectivity index (χ4v) is 4.45. The molecule has 0 bridgehead atoms. The van der Waals surface area contributed by atoms with Crippen molar-refractivity contribution in [2.45, 2.75) is 57.2 Å². The average molecular weight is 381 g/mol. The predicted molar refractivity (Wildman–Crippen MR) is 115 cm³/mol. The molecule has 2 fully saturated rings.